The number of carbonyl (C=O) groups excluding carboxylic acids is 1. The number of primary amides is 1. The number of fused-ring (bicyclic) bond motifs is 1. The van der Waals surface area contributed by atoms with Crippen LogP contribution in [-0.4, -0.2) is 27.4 Å². The topological polar surface area (TPSA) is 85.8 Å². The molecule has 0 fully saturated rings. The van der Waals surface area contributed by atoms with Gasteiger partial charge in [0.05, 0.1) is 12.7 Å². The van der Waals surface area contributed by atoms with Crippen LogP contribution in [0.1, 0.15) is 21.5 Å². The average Bonchev–Trinajstić information content (AvgIpc) is 3.23. The zero-order chi connectivity index (χ0) is 16.5. The highest BCUT2D eigenvalue weighted by atomic mass is 16.1. The SMILES string of the molecule is NC(=O)c1cccc(Cn2cc(-c3cccc4c3NCC4)nn2)c1. The van der Waals surface area contributed by atoms with Crippen molar-refractivity contribution >= 4 is 11.6 Å². The normalized spacial score (nSPS) is 12.7. The minimum Gasteiger partial charge on any atom is -0.384 e. The zero-order valence-corrected chi connectivity index (χ0v) is 13.1. The second-order valence-corrected chi connectivity index (χ2v) is 5.88. The summed E-state index contributed by atoms with van der Waals surface area (Å²) < 4.78 is 1.77. The van der Waals surface area contributed by atoms with Crippen molar-refractivity contribution < 1.29 is 4.79 Å². The molecule has 4 rings (SSSR count). The molecule has 3 aromatic rings. The van der Waals surface area contributed by atoms with Crippen LogP contribution in [0.4, 0.5) is 5.69 Å². The lowest BCUT2D eigenvalue weighted by Crippen LogP contribution is -2.11. The first-order valence-electron chi connectivity index (χ1n) is 7.86. The third-order valence-electron chi connectivity index (χ3n) is 4.22. The van der Waals surface area contributed by atoms with Crippen LogP contribution in [0.2, 0.25) is 0 Å². The Morgan fingerprint density at radius 2 is 2.12 bits per heavy atom. The van der Waals surface area contributed by atoms with Crippen molar-refractivity contribution in [3.05, 3.63) is 65.4 Å². The standard InChI is InChI=1S/C18H17N5O/c19-18(24)14-5-1-3-12(9-14)10-23-11-16(21-22-23)15-6-2-4-13-7-8-20-17(13)15/h1-6,9,11,20H,7-8,10H2,(H2,19,24). The molecule has 24 heavy (non-hydrogen) atoms. The van der Waals surface area contributed by atoms with Gasteiger partial charge >= 0.3 is 0 Å². The first kappa shape index (κ1) is 14.4. The van der Waals surface area contributed by atoms with Crippen molar-refractivity contribution in [1.29, 1.82) is 0 Å². The molecule has 1 aliphatic rings. The maximum atomic E-state index is 11.3. The third kappa shape index (κ3) is 2.62. The van der Waals surface area contributed by atoms with Crippen LogP contribution in [0.15, 0.2) is 48.7 Å². The van der Waals surface area contributed by atoms with Crippen LogP contribution in [0, 0.1) is 0 Å². The molecule has 2 aromatic carbocycles. The molecule has 0 saturated carbocycles. The third-order valence-corrected chi connectivity index (χ3v) is 4.22. The number of benzene rings is 2. The van der Waals surface area contributed by atoms with E-state index in [-0.39, 0.29) is 0 Å². The molecule has 0 saturated heterocycles. The molecule has 120 valence electrons. The van der Waals surface area contributed by atoms with Crippen molar-refractivity contribution in [3.8, 4) is 11.3 Å². The van der Waals surface area contributed by atoms with Gasteiger partial charge in [0.15, 0.2) is 0 Å². The van der Waals surface area contributed by atoms with Crippen LogP contribution in [-0.2, 0) is 13.0 Å². The highest BCUT2D eigenvalue weighted by Crippen LogP contribution is 2.33. The van der Waals surface area contributed by atoms with Crippen LogP contribution < -0.4 is 11.1 Å². The Labute approximate surface area is 139 Å². The minimum atomic E-state index is -0.429. The Morgan fingerprint density at radius 1 is 1.25 bits per heavy atom. The Balaban J connectivity index is 1.61. The lowest BCUT2D eigenvalue weighted by atomic mass is 10.1. The smallest absolute Gasteiger partial charge is 0.248 e. The van der Waals surface area contributed by atoms with E-state index in [0.717, 1.165) is 35.5 Å². The fourth-order valence-corrected chi connectivity index (χ4v) is 3.06. The summed E-state index contributed by atoms with van der Waals surface area (Å²) in [4.78, 5) is 11.3. The molecule has 0 radical (unpaired) electrons. The molecule has 1 aromatic heterocycles. The summed E-state index contributed by atoms with van der Waals surface area (Å²) in [6.07, 6.45) is 2.96. The van der Waals surface area contributed by atoms with E-state index in [4.69, 9.17) is 5.73 Å². The molecular formula is C18H17N5O. The van der Waals surface area contributed by atoms with Gasteiger partial charge in [-0.05, 0) is 29.7 Å². The quantitative estimate of drug-likeness (QED) is 0.771. The summed E-state index contributed by atoms with van der Waals surface area (Å²) in [6, 6.07) is 13.5. The van der Waals surface area contributed by atoms with E-state index in [1.807, 2.05) is 18.3 Å². The molecule has 6 nitrogen and oxygen atoms in total. The summed E-state index contributed by atoms with van der Waals surface area (Å²) >= 11 is 0. The highest BCUT2D eigenvalue weighted by Gasteiger charge is 2.16. The Morgan fingerprint density at radius 3 is 3.00 bits per heavy atom. The van der Waals surface area contributed by atoms with Gasteiger partial charge in [-0.25, -0.2) is 4.68 Å². The van der Waals surface area contributed by atoms with Gasteiger partial charge in [0.1, 0.15) is 5.69 Å². The number of carbonyl (C=O) groups is 1. The number of aromatic nitrogens is 3. The maximum absolute atomic E-state index is 11.3. The molecular weight excluding hydrogens is 302 g/mol. The molecule has 0 atom stereocenters. The first-order valence-corrected chi connectivity index (χ1v) is 7.86. The van der Waals surface area contributed by atoms with E-state index in [0.29, 0.717) is 12.1 Å². The lowest BCUT2D eigenvalue weighted by Gasteiger charge is -2.05. The molecule has 1 aliphatic heterocycles. The van der Waals surface area contributed by atoms with Gasteiger partial charge in [-0.15, -0.1) is 5.10 Å². The van der Waals surface area contributed by atoms with Gasteiger partial charge in [-0.2, -0.15) is 0 Å². The fraction of sp³-hybridized carbons (Fsp3) is 0.167. The van der Waals surface area contributed by atoms with E-state index in [9.17, 15) is 4.79 Å². The first-order chi connectivity index (χ1) is 11.7. The largest absolute Gasteiger partial charge is 0.384 e. The Kier molecular flexibility index (Phi) is 3.49. The van der Waals surface area contributed by atoms with Gasteiger partial charge in [0, 0.05) is 23.4 Å². The van der Waals surface area contributed by atoms with Gasteiger partial charge in [0.2, 0.25) is 5.91 Å². The van der Waals surface area contributed by atoms with E-state index < -0.39 is 5.91 Å². The lowest BCUT2D eigenvalue weighted by molar-refractivity contribution is 0.1000. The summed E-state index contributed by atoms with van der Waals surface area (Å²) in [5.74, 6) is -0.429. The van der Waals surface area contributed by atoms with Crippen molar-refractivity contribution in [2.45, 2.75) is 13.0 Å². The molecule has 0 unspecified atom stereocenters. The number of amides is 1. The number of para-hydroxylation sites is 1. The monoisotopic (exact) mass is 319 g/mol. The van der Waals surface area contributed by atoms with Gasteiger partial charge in [0.25, 0.3) is 0 Å². The zero-order valence-electron chi connectivity index (χ0n) is 13.1. The number of nitrogens with one attached hydrogen (secondary N) is 1. The van der Waals surface area contributed by atoms with Gasteiger partial charge in [-0.1, -0.05) is 35.5 Å². The fourth-order valence-electron chi connectivity index (χ4n) is 3.06. The van der Waals surface area contributed by atoms with Crippen molar-refractivity contribution in [1.82, 2.24) is 15.0 Å². The Bertz CT molecular complexity index is 915. The van der Waals surface area contributed by atoms with E-state index in [2.05, 4.69) is 33.8 Å². The number of hydrogen-bond donors (Lipinski definition) is 2. The second kappa shape index (κ2) is 5.81. The number of anilines is 1. The number of nitrogens with two attached hydrogens (primary N) is 1. The summed E-state index contributed by atoms with van der Waals surface area (Å²) in [5.41, 5.74) is 11.2. The van der Waals surface area contributed by atoms with Crippen LogP contribution in [0.25, 0.3) is 11.3 Å². The molecule has 2 heterocycles. The number of nitrogens with zero attached hydrogens (tertiary/aromatic N) is 3. The summed E-state index contributed by atoms with van der Waals surface area (Å²) in [7, 11) is 0. The molecule has 0 aliphatic carbocycles. The number of rotatable bonds is 4. The second-order valence-electron chi connectivity index (χ2n) is 5.88. The van der Waals surface area contributed by atoms with Crippen molar-refractivity contribution in [2.75, 3.05) is 11.9 Å². The summed E-state index contributed by atoms with van der Waals surface area (Å²) in [5, 5.41) is 11.9. The predicted octanol–water partition coefficient (Wildman–Crippen LogP) is 2.06. The Hall–Kier alpha value is -3.15. The number of hydrogen-bond acceptors (Lipinski definition) is 4. The summed E-state index contributed by atoms with van der Waals surface area (Å²) in [6.45, 7) is 1.50. The predicted molar refractivity (Wildman–Crippen MR) is 91.7 cm³/mol. The molecule has 0 spiro atoms. The average molecular weight is 319 g/mol. The maximum Gasteiger partial charge on any atom is 0.248 e. The highest BCUT2D eigenvalue weighted by molar-refractivity contribution is 5.92. The molecule has 6 heteroatoms. The van der Waals surface area contributed by atoms with Crippen LogP contribution >= 0.6 is 0 Å². The van der Waals surface area contributed by atoms with Crippen LogP contribution in [0.5, 0.6) is 0 Å². The molecule has 3 N–H and O–H groups in total. The van der Waals surface area contributed by atoms with E-state index in [1.165, 1.54) is 5.56 Å². The van der Waals surface area contributed by atoms with Crippen LogP contribution in [0.3, 0.4) is 0 Å². The van der Waals surface area contributed by atoms with E-state index in [1.54, 1.807) is 16.8 Å². The minimum absolute atomic E-state index is 0.429. The van der Waals surface area contributed by atoms with Crippen molar-refractivity contribution in [2.24, 2.45) is 5.73 Å². The molecule has 0 bridgehead atoms. The van der Waals surface area contributed by atoms with E-state index >= 15 is 0 Å². The molecule has 1 amide bonds. The van der Waals surface area contributed by atoms with Gasteiger partial charge < -0.3 is 11.1 Å². The van der Waals surface area contributed by atoms with Gasteiger partial charge in [-0.3, -0.25) is 4.79 Å². The van der Waals surface area contributed by atoms with Crippen molar-refractivity contribution in [3.63, 3.8) is 0 Å².